The van der Waals surface area contributed by atoms with Crippen LogP contribution in [0.2, 0.25) is 0 Å². The number of anilines is 1. The van der Waals surface area contributed by atoms with E-state index in [0.717, 1.165) is 5.56 Å². The highest BCUT2D eigenvalue weighted by Crippen LogP contribution is 2.24. The van der Waals surface area contributed by atoms with E-state index in [2.05, 4.69) is 15.6 Å². The molecule has 1 aliphatic heterocycles. The number of rotatable bonds is 4. The van der Waals surface area contributed by atoms with Gasteiger partial charge in [-0.05, 0) is 18.2 Å². The lowest BCUT2D eigenvalue weighted by molar-refractivity contribution is -0.222. The summed E-state index contributed by atoms with van der Waals surface area (Å²) in [6.45, 7) is 2.93. The molecule has 0 saturated carbocycles. The number of ether oxygens (including phenoxy) is 2. The van der Waals surface area contributed by atoms with Crippen molar-refractivity contribution >= 4 is 28.6 Å². The zero-order valence-electron chi connectivity index (χ0n) is 18.1. The fraction of sp³-hybridized carbons (Fsp3) is 0.125. The third-order valence-corrected chi connectivity index (χ3v) is 5.03. The van der Waals surface area contributed by atoms with E-state index in [-0.39, 0.29) is 11.3 Å². The van der Waals surface area contributed by atoms with Gasteiger partial charge >= 0.3 is 17.6 Å². The van der Waals surface area contributed by atoms with Crippen LogP contribution in [-0.2, 0) is 19.1 Å². The number of nitrogens with one attached hydrogen (secondary N) is 1. The van der Waals surface area contributed by atoms with Crippen LogP contribution in [0, 0.1) is 0 Å². The lowest BCUT2D eigenvalue weighted by Gasteiger charge is -2.29. The molecular weight excluding hydrogens is 440 g/mol. The van der Waals surface area contributed by atoms with Crippen LogP contribution in [0.3, 0.4) is 0 Å². The molecule has 0 atom stereocenters. The van der Waals surface area contributed by atoms with Crippen LogP contribution in [0.5, 0.6) is 0 Å². The average Bonchev–Trinajstić information content (AvgIpc) is 3.28. The first-order valence-electron chi connectivity index (χ1n) is 10.3. The largest absolute Gasteiger partial charge is 0.421 e. The van der Waals surface area contributed by atoms with E-state index in [4.69, 9.17) is 13.9 Å². The van der Waals surface area contributed by atoms with Crippen LogP contribution in [0.4, 0.5) is 5.69 Å². The molecule has 3 heterocycles. The number of carbonyl (C=O) groups excluding carboxylic acids is 2. The summed E-state index contributed by atoms with van der Waals surface area (Å²) in [5.41, 5.74) is 1.60. The van der Waals surface area contributed by atoms with Crippen molar-refractivity contribution in [2.45, 2.75) is 19.6 Å². The van der Waals surface area contributed by atoms with Crippen LogP contribution in [-0.4, -0.2) is 32.7 Å². The van der Waals surface area contributed by atoms with Crippen LogP contribution < -0.4 is 10.9 Å². The smallest absolute Gasteiger partial charge is 0.362 e. The molecule has 0 bridgehead atoms. The van der Waals surface area contributed by atoms with Crippen molar-refractivity contribution in [2.75, 3.05) is 5.32 Å². The van der Waals surface area contributed by atoms with Crippen LogP contribution in [0.15, 0.2) is 81.8 Å². The summed E-state index contributed by atoms with van der Waals surface area (Å²) >= 11 is 0. The molecule has 34 heavy (non-hydrogen) atoms. The predicted octanol–water partition coefficient (Wildman–Crippen LogP) is 3.17. The Labute approximate surface area is 192 Å². The predicted molar refractivity (Wildman–Crippen MR) is 121 cm³/mol. The van der Waals surface area contributed by atoms with Crippen molar-refractivity contribution in [1.29, 1.82) is 0 Å². The molecule has 10 heteroatoms. The van der Waals surface area contributed by atoms with E-state index >= 15 is 0 Å². The Morgan fingerprint density at radius 3 is 2.44 bits per heavy atom. The van der Waals surface area contributed by atoms with E-state index in [0.29, 0.717) is 22.4 Å². The highest BCUT2D eigenvalue weighted by Gasteiger charge is 2.38. The fourth-order valence-electron chi connectivity index (χ4n) is 3.41. The summed E-state index contributed by atoms with van der Waals surface area (Å²) < 4.78 is 16.9. The fourth-order valence-corrected chi connectivity index (χ4v) is 3.41. The molecule has 0 amide bonds. The van der Waals surface area contributed by atoms with Gasteiger partial charge in [0.2, 0.25) is 0 Å². The van der Waals surface area contributed by atoms with E-state index < -0.39 is 23.4 Å². The monoisotopic (exact) mass is 458 g/mol. The Hall–Kier alpha value is -4.73. The molecule has 0 spiro atoms. The zero-order chi connectivity index (χ0) is 23.9. The molecule has 1 N–H and O–H groups in total. The van der Waals surface area contributed by atoms with Crippen molar-refractivity contribution in [3.63, 3.8) is 0 Å². The van der Waals surface area contributed by atoms with Gasteiger partial charge in [0.15, 0.2) is 11.3 Å². The number of aromatic nitrogens is 3. The van der Waals surface area contributed by atoms with E-state index in [1.807, 2.05) is 30.3 Å². The third kappa shape index (κ3) is 4.04. The van der Waals surface area contributed by atoms with Crippen molar-refractivity contribution in [3.8, 4) is 16.9 Å². The van der Waals surface area contributed by atoms with Gasteiger partial charge in [-0.1, -0.05) is 35.5 Å². The van der Waals surface area contributed by atoms with Gasteiger partial charge in [0, 0.05) is 42.8 Å². The number of hydrogen-bond acceptors (Lipinski definition) is 9. The molecule has 1 saturated heterocycles. The first-order valence-corrected chi connectivity index (χ1v) is 10.3. The minimum atomic E-state index is -1.32. The Kier molecular flexibility index (Phi) is 4.97. The molecule has 2 aromatic heterocycles. The van der Waals surface area contributed by atoms with Crippen molar-refractivity contribution in [2.24, 2.45) is 0 Å². The van der Waals surface area contributed by atoms with Gasteiger partial charge < -0.3 is 19.2 Å². The quantitative estimate of drug-likeness (QED) is 0.212. The highest BCUT2D eigenvalue weighted by molar-refractivity contribution is 6.15. The lowest BCUT2D eigenvalue weighted by atomic mass is 10.2. The number of carbonyl (C=O) groups is 2. The minimum absolute atomic E-state index is 0.209. The van der Waals surface area contributed by atoms with E-state index in [9.17, 15) is 14.4 Å². The molecule has 0 aliphatic carbocycles. The van der Waals surface area contributed by atoms with Gasteiger partial charge in [0.1, 0.15) is 11.3 Å². The molecule has 1 fully saturated rings. The van der Waals surface area contributed by atoms with Gasteiger partial charge in [0.05, 0.1) is 6.20 Å². The summed E-state index contributed by atoms with van der Waals surface area (Å²) in [6.07, 6.45) is 2.84. The lowest BCUT2D eigenvalue weighted by Crippen LogP contribution is -2.42. The summed E-state index contributed by atoms with van der Waals surface area (Å²) in [5, 5.41) is 11.7. The Morgan fingerprint density at radius 1 is 0.971 bits per heavy atom. The molecule has 0 unspecified atom stereocenters. The summed E-state index contributed by atoms with van der Waals surface area (Å²) in [7, 11) is 0. The van der Waals surface area contributed by atoms with Crippen LogP contribution >= 0.6 is 0 Å². The standard InChI is InChI=1S/C24H18N4O6/c1-24(2)33-21(29)17(22(30)34-24)12-25-16-9-8-15-10-19(23(31)32-20(15)11-16)28-13-18(26-27-28)14-6-4-3-5-7-14/h3-13,25H,1-2H3. The SMILES string of the molecule is CC1(C)OC(=O)C(=CNc2ccc3cc(-n4cc(-c5ccccc5)nn4)c(=O)oc3c2)C(=O)O1. The van der Waals surface area contributed by atoms with Gasteiger partial charge in [-0.3, -0.25) is 0 Å². The summed E-state index contributed by atoms with van der Waals surface area (Å²) in [6, 6.07) is 16.1. The van der Waals surface area contributed by atoms with Gasteiger partial charge in [-0.15, -0.1) is 5.10 Å². The number of cyclic esters (lactones) is 2. The van der Waals surface area contributed by atoms with Gasteiger partial charge in [0.25, 0.3) is 5.79 Å². The van der Waals surface area contributed by atoms with E-state index in [1.54, 1.807) is 30.5 Å². The molecule has 1 aliphatic rings. The zero-order valence-corrected chi connectivity index (χ0v) is 18.1. The summed E-state index contributed by atoms with van der Waals surface area (Å²) in [5.74, 6) is -2.91. The molecule has 4 aromatic rings. The first kappa shape index (κ1) is 21.1. The van der Waals surface area contributed by atoms with Crippen molar-refractivity contribution in [3.05, 3.63) is 83.0 Å². The second-order valence-corrected chi connectivity index (χ2v) is 7.97. The first-order chi connectivity index (χ1) is 16.3. The number of benzene rings is 2. The molecular formula is C24H18N4O6. The molecule has 2 aromatic carbocycles. The third-order valence-electron chi connectivity index (χ3n) is 5.03. The topological polar surface area (TPSA) is 126 Å². The number of fused-ring (bicyclic) bond motifs is 1. The molecule has 10 nitrogen and oxygen atoms in total. The molecule has 0 radical (unpaired) electrons. The maximum atomic E-state index is 12.6. The van der Waals surface area contributed by atoms with Crippen LogP contribution in [0.25, 0.3) is 27.9 Å². The Balaban J connectivity index is 1.41. The number of nitrogens with zero attached hydrogens (tertiary/aromatic N) is 3. The van der Waals surface area contributed by atoms with Crippen LogP contribution in [0.1, 0.15) is 13.8 Å². The van der Waals surface area contributed by atoms with Crippen molar-refractivity contribution in [1.82, 2.24) is 15.0 Å². The second-order valence-electron chi connectivity index (χ2n) is 7.97. The Morgan fingerprint density at radius 2 is 1.71 bits per heavy atom. The maximum absolute atomic E-state index is 12.6. The highest BCUT2D eigenvalue weighted by atomic mass is 16.7. The van der Waals surface area contributed by atoms with Gasteiger partial charge in [-0.2, -0.15) is 0 Å². The van der Waals surface area contributed by atoms with Gasteiger partial charge in [-0.25, -0.2) is 19.1 Å². The Bertz CT molecular complexity index is 1500. The number of hydrogen-bond donors (Lipinski definition) is 1. The van der Waals surface area contributed by atoms with Crippen molar-refractivity contribution < 1.29 is 23.5 Å². The number of esters is 2. The average molecular weight is 458 g/mol. The second kappa shape index (κ2) is 8.00. The summed E-state index contributed by atoms with van der Waals surface area (Å²) in [4.78, 5) is 36.7. The normalized spacial score (nSPS) is 15.1. The maximum Gasteiger partial charge on any atom is 0.362 e. The minimum Gasteiger partial charge on any atom is -0.421 e. The van der Waals surface area contributed by atoms with E-state index in [1.165, 1.54) is 24.7 Å². The molecule has 170 valence electrons. The molecule has 5 rings (SSSR count).